The van der Waals surface area contributed by atoms with E-state index in [4.69, 9.17) is 4.98 Å². The Hall–Kier alpha value is -2.81. The third-order valence-electron chi connectivity index (χ3n) is 5.98. The number of fused-ring (bicyclic) bond motifs is 3. The second-order valence-corrected chi connectivity index (χ2v) is 7.91. The minimum absolute atomic E-state index is 0.985. The van der Waals surface area contributed by atoms with Crippen LogP contribution < -0.4 is 5.01 Å². The number of hydrogen-bond donors (Lipinski definition) is 0. The van der Waals surface area contributed by atoms with Gasteiger partial charge >= 0.3 is 0 Å². The molecule has 2 aromatic carbocycles. The molecule has 0 atom stereocenters. The van der Waals surface area contributed by atoms with Crippen LogP contribution in [0, 0.1) is 6.92 Å². The molecule has 0 saturated heterocycles. The lowest BCUT2D eigenvalue weighted by Crippen LogP contribution is -2.31. The lowest BCUT2D eigenvalue weighted by atomic mass is 9.92. The van der Waals surface area contributed by atoms with Crippen LogP contribution in [0.25, 0.3) is 21.8 Å². The first kappa shape index (κ1) is 17.3. The maximum atomic E-state index is 5.04. The highest BCUT2D eigenvalue weighted by molar-refractivity contribution is 5.95. The van der Waals surface area contributed by atoms with Gasteiger partial charge in [0.05, 0.1) is 16.7 Å². The maximum Gasteiger partial charge on any atom is 0.0727 e. The molecule has 28 heavy (non-hydrogen) atoms. The zero-order valence-electron chi connectivity index (χ0n) is 16.8. The van der Waals surface area contributed by atoms with E-state index < -0.39 is 0 Å². The second kappa shape index (κ2) is 6.97. The summed E-state index contributed by atoms with van der Waals surface area (Å²) in [5.74, 6) is 0. The van der Waals surface area contributed by atoms with Gasteiger partial charge in [0.25, 0.3) is 0 Å². The van der Waals surface area contributed by atoms with Gasteiger partial charge in [-0.1, -0.05) is 43.3 Å². The van der Waals surface area contributed by atoms with Gasteiger partial charge in [0.15, 0.2) is 0 Å². The molecule has 2 aromatic heterocycles. The van der Waals surface area contributed by atoms with Crippen molar-refractivity contribution in [3.05, 3.63) is 71.5 Å². The van der Waals surface area contributed by atoms with Crippen LogP contribution in [0.3, 0.4) is 0 Å². The molecule has 0 amide bonds. The molecule has 3 nitrogen and oxygen atoms in total. The number of hydrogen-bond acceptors (Lipinski definition) is 2. The number of nitrogens with zero attached hydrogens (tertiary/aromatic N) is 3. The highest BCUT2D eigenvalue weighted by Gasteiger charge is 2.23. The Morgan fingerprint density at radius 3 is 2.57 bits per heavy atom. The van der Waals surface area contributed by atoms with Gasteiger partial charge in [-0.2, -0.15) is 0 Å². The number of aromatic nitrogens is 2. The van der Waals surface area contributed by atoms with Crippen molar-refractivity contribution in [1.29, 1.82) is 0 Å². The van der Waals surface area contributed by atoms with Crippen molar-refractivity contribution in [3.63, 3.8) is 0 Å². The van der Waals surface area contributed by atoms with E-state index in [9.17, 15) is 0 Å². The van der Waals surface area contributed by atoms with Crippen molar-refractivity contribution in [2.24, 2.45) is 0 Å². The smallest absolute Gasteiger partial charge is 0.0727 e. The van der Waals surface area contributed by atoms with Gasteiger partial charge in [0, 0.05) is 29.2 Å². The summed E-state index contributed by atoms with van der Waals surface area (Å²) in [4.78, 5) is 5.04. The summed E-state index contributed by atoms with van der Waals surface area (Å²) < 4.78 is 2.38. The first-order valence-electron chi connectivity index (χ1n) is 10.5. The molecule has 4 aromatic rings. The summed E-state index contributed by atoms with van der Waals surface area (Å²) in [6, 6.07) is 17.4. The molecule has 0 spiro atoms. The zero-order valence-corrected chi connectivity index (χ0v) is 16.8. The highest BCUT2D eigenvalue weighted by Crippen LogP contribution is 2.37. The molecular weight excluding hydrogens is 342 g/mol. The van der Waals surface area contributed by atoms with Gasteiger partial charge in [-0.15, -0.1) is 0 Å². The van der Waals surface area contributed by atoms with E-state index in [1.807, 2.05) is 0 Å². The molecule has 2 heterocycles. The van der Waals surface area contributed by atoms with E-state index in [0.717, 1.165) is 31.3 Å². The van der Waals surface area contributed by atoms with E-state index in [2.05, 4.69) is 78.3 Å². The predicted molar refractivity (Wildman–Crippen MR) is 118 cm³/mol. The Kier molecular flexibility index (Phi) is 4.31. The molecular formula is C25H27N3. The molecule has 0 aliphatic heterocycles. The van der Waals surface area contributed by atoms with Crippen molar-refractivity contribution < 1.29 is 0 Å². The minimum atomic E-state index is 0.985. The normalized spacial score (nSPS) is 13.8. The van der Waals surface area contributed by atoms with E-state index in [1.54, 1.807) is 0 Å². The van der Waals surface area contributed by atoms with E-state index in [-0.39, 0.29) is 0 Å². The molecule has 0 bridgehead atoms. The Balaban J connectivity index is 1.82. The third-order valence-corrected chi connectivity index (χ3v) is 5.98. The molecule has 142 valence electrons. The van der Waals surface area contributed by atoms with Crippen molar-refractivity contribution in [1.82, 2.24) is 9.66 Å². The first-order chi connectivity index (χ1) is 13.8. The summed E-state index contributed by atoms with van der Waals surface area (Å²) in [6.07, 6.45) is 8.11. The van der Waals surface area contributed by atoms with E-state index in [1.165, 1.54) is 51.6 Å². The Morgan fingerprint density at radius 2 is 1.71 bits per heavy atom. The van der Waals surface area contributed by atoms with Crippen molar-refractivity contribution in [2.75, 3.05) is 11.6 Å². The van der Waals surface area contributed by atoms with Crippen LogP contribution in [0.5, 0.6) is 0 Å². The number of para-hydroxylation sites is 2. The molecule has 5 rings (SSSR count). The van der Waals surface area contributed by atoms with Crippen LogP contribution >= 0.6 is 0 Å². The Labute approximate surface area is 166 Å². The molecule has 0 N–H and O–H groups in total. The van der Waals surface area contributed by atoms with E-state index >= 15 is 0 Å². The Morgan fingerprint density at radius 1 is 0.964 bits per heavy atom. The average molecular weight is 370 g/mol. The van der Waals surface area contributed by atoms with Gasteiger partial charge in [0.2, 0.25) is 0 Å². The van der Waals surface area contributed by atoms with Crippen LogP contribution in [0.4, 0.5) is 5.69 Å². The monoisotopic (exact) mass is 369 g/mol. The fourth-order valence-electron chi connectivity index (χ4n) is 4.71. The lowest BCUT2D eigenvalue weighted by Gasteiger charge is -2.32. The van der Waals surface area contributed by atoms with Crippen LogP contribution in [0.1, 0.15) is 43.0 Å². The molecule has 0 saturated carbocycles. The summed E-state index contributed by atoms with van der Waals surface area (Å²) in [5, 5.41) is 5.10. The van der Waals surface area contributed by atoms with Crippen LogP contribution in [0.2, 0.25) is 0 Å². The zero-order chi connectivity index (χ0) is 19.1. The topological polar surface area (TPSA) is 21.1 Å². The summed E-state index contributed by atoms with van der Waals surface area (Å²) in [5.41, 5.74) is 7.83. The fourth-order valence-corrected chi connectivity index (χ4v) is 4.71. The minimum Gasteiger partial charge on any atom is -0.280 e. The van der Waals surface area contributed by atoms with Crippen molar-refractivity contribution >= 4 is 27.5 Å². The largest absolute Gasteiger partial charge is 0.280 e. The lowest BCUT2D eigenvalue weighted by molar-refractivity contribution is 0.650. The number of anilines is 1. The number of benzene rings is 2. The van der Waals surface area contributed by atoms with Crippen molar-refractivity contribution in [3.8, 4) is 0 Å². The molecule has 0 radical (unpaired) electrons. The second-order valence-electron chi connectivity index (χ2n) is 7.91. The predicted octanol–water partition coefficient (Wildman–Crippen LogP) is 6.06. The number of pyridine rings is 1. The van der Waals surface area contributed by atoms with Gasteiger partial charge in [-0.05, 0) is 62.3 Å². The van der Waals surface area contributed by atoms with E-state index in [0.29, 0.717) is 0 Å². The highest BCUT2D eigenvalue weighted by atomic mass is 15.5. The molecule has 3 heteroatoms. The molecule has 1 aliphatic rings. The number of aryl methyl sites for hydroxylation is 2. The van der Waals surface area contributed by atoms with Gasteiger partial charge in [0.1, 0.15) is 0 Å². The summed E-state index contributed by atoms with van der Waals surface area (Å²) in [7, 11) is 0. The van der Waals surface area contributed by atoms with Gasteiger partial charge in [-0.3, -0.25) is 14.7 Å². The van der Waals surface area contributed by atoms with Gasteiger partial charge < -0.3 is 0 Å². The first-order valence-corrected chi connectivity index (χ1v) is 10.5. The van der Waals surface area contributed by atoms with Crippen LogP contribution in [-0.4, -0.2) is 16.2 Å². The summed E-state index contributed by atoms with van der Waals surface area (Å²) >= 11 is 0. The number of rotatable bonds is 4. The van der Waals surface area contributed by atoms with Crippen LogP contribution in [0.15, 0.2) is 54.7 Å². The van der Waals surface area contributed by atoms with Crippen LogP contribution in [-0.2, 0) is 12.8 Å². The van der Waals surface area contributed by atoms with Gasteiger partial charge in [-0.25, -0.2) is 0 Å². The standard InChI is InChI=1S/C25H27N3/c1-3-16-27(28-17-18(2)19-10-6-9-15-24(19)28)25-20-11-4-7-13-22(20)26-23-14-8-5-12-21(23)25/h4,6-7,9-11,13,15,17H,3,5,8,12,14,16H2,1-2H3. The SMILES string of the molecule is CCCN(c1c2c(nc3ccccc13)CCCC2)n1cc(C)c2ccccc21. The quantitative estimate of drug-likeness (QED) is 0.436. The fraction of sp³-hybridized carbons (Fsp3) is 0.320. The van der Waals surface area contributed by atoms with Crippen molar-refractivity contribution in [2.45, 2.75) is 46.0 Å². The molecule has 1 aliphatic carbocycles. The molecule has 0 unspecified atom stereocenters. The average Bonchev–Trinajstić information content (AvgIpc) is 3.07. The third kappa shape index (κ3) is 2.69. The summed E-state index contributed by atoms with van der Waals surface area (Å²) in [6.45, 7) is 5.46. The molecule has 0 fully saturated rings. The maximum absolute atomic E-state index is 5.04. The Bertz CT molecular complexity index is 1160.